The molecule has 0 spiro atoms. The molecule has 1 radical (unpaired) electrons. The van der Waals surface area contributed by atoms with Gasteiger partial charge in [-0.05, 0) is 0 Å². The molecule has 0 N–H and O–H groups in total. The van der Waals surface area contributed by atoms with E-state index in [-0.39, 0.29) is 76.3 Å². The van der Waals surface area contributed by atoms with Gasteiger partial charge in [0.15, 0.2) is 17.4 Å². The Morgan fingerprint density at radius 2 is 1.00 bits per heavy atom. The molecule has 0 nitrogen and oxygen atoms in total. The van der Waals surface area contributed by atoms with Gasteiger partial charge in [0.2, 0.25) is 0 Å². The van der Waals surface area contributed by atoms with E-state index in [1.54, 1.807) is 0 Å². The van der Waals surface area contributed by atoms with Crippen LogP contribution in [0.15, 0.2) is 0 Å². The van der Waals surface area contributed by atoms with Gasteiger partial charge in [0.1, 0.15) is 0 Å². The van der Waals surface area contributed by atoms with Gasteiger partial charge in [0, 0.05) is 51.5 Å². The Morgan fingerprint density at radius 3 is 1.00 bits per heavy atom. The maximum atomic E-state index is 0. The zero-order chi connectivity index (χ0) is 0. The van der Waals surface area contributed by atoms with E-state index in [9.17, 15) is 0 Å². The average molecular weight is 209 g/mol. The van der Waals surface area contributed by atoms with Crippen molar-refractivity contribution >= 4 is 17.4 Å². The Bertz CT molecular complexity index is 11.6. The fraction of sp³-hybridized carbons (Fsp3) is 1.00. The molecule has 0 aromatic heterocycles. The predicted molar refractivity (Wildman–Crippen MR) is 16.7 cm³/mol. The van der Waals surface area contributed by atoms with Gasteiger partial charge in [-0.2, -0.15) is 0 Å². The SMILES string of the molecule is C.[AlH3].[Cr].[Fe].[Mn]. The summed E-state index contributed by atoms with van der Waals surface area (Å²) in [7, 11) is 0. The monoisotopic (exact) mass is 209 g/mol. The molecular weight excluding hydrogens is 202 g/mol. The van der Waals surface area contributed by atoms with Crippen LogP contribution in [0.25, 0.3) is 0 Å². The van der Waals surface area contributed by atoms with E-state index >= 15 is 0 Å². The third-order valence-electron chi connectivity index (χ3n) is 0. The Labute approximate surface area is 75.7 Å². The largest absolute Gasteiger partial charge is 0.187 e. The summed E-state index contributed by atoms with van der Waals surface area (Å²) in [4.78, 5) is 0. The molecule has 0 heterocycles. The molecule has 0 aliphatic heterocycles. The van der Waals surface area contributed by atoms with Gasteiger partial charge in [0.25, 0.3) is 0 Å². The van der Waals surface area contributed by atoms with Crippen molar-refractivity contribution < 1.29 is 51.5 Å². The van der Waals surface area contributed by atoms with Crippen LogP contribution < -0.4 is 0 Å². The molecule has 4 heteroatoms. The van der Waals surface area contributed by atoms with Crippen LogP contribution in [0, 0.1) is 0 Å². The van der Waals surface area contributed by atoms with Crippen LogP contribution in [-0.2, 0) is 51.5 Å². The minimum absolute atomic E-state index is 0. The van der Waals surface area contributed by atoms with Crippen LogP contribution in [0.2, 0.25) is 0 Å². The van der Waals surface area contributed by atoms with Gasteiger partial charge in [0.05, 0.1) is 0 Å². The number of hydrogen-bond donors (Lipinski definition) is 0. The third kappa shape index (κ3) is 23.2. The predicted octanol–water partition coefficient (Wildman–Crippen LogP) is -0.555. The minimum Gasteiger partial charge on any atom is -0.0776 e. The summed E-state index contributed by atoms with van der Waals surface area (Å²) in [6.07, 6.45) is 0. The summed E-state index contributed by atoms with van der Waals surface area (Å²) >= 11 is 0. The summed E-state index contributed by atoms with van der Waals surface area (Å²) in [5.74, 6) is 0. The second kappa shape index (κ2) is 35.9. The molecule has 0 bridgehead atoms. The quantitative estimate of drug-likeness (QED) is 0.469. The van der Waals surface area contributed by atoms with E-state index in [2.05, 4.69) is 0 Å². The minimum atomic E-state index is 0. The zero-order valence-corrected chi connectivity index (χ0v) is 4.70. The molecule has 0 aromatic rings. The van der Waals surface area contributed by atoms with Crippen LogP contribution in [0.3, 0.4) is 0 Å². The fourth-order valence-electron chi connectivity index (χ4n) is 0. The van der Waals surface area contributed by atoms with E-state index < -0.39 is 0 Å². The van der Waals surface area contributed by atoms with Crippen LogP contribution in [0.1, 0.15) is 7.43 Å². The summed E-state index contributed by atoms with van der Waals surface area (Å²) in [6.45, 7) is 0. The first kappa shape index (κ1) is 59.8. The first-order chi connectivity index (χ1) is 0. The summed E-state index contributed by atoms with van der Waals surface area (Å²) < 4.78 is 0. The molecule has 0 unspecified atom stereocenters. The Kier molecular flexibility index (Phi) is 430. The van der Waals surface area contributed by atoms with Gasteiger partial charge in [-0.1, -0.05) is 7.43 Å². The molecule has 0 fully saturated rings. The van der Waals surface area contributed by atoms with E-state index in [1.807, 2.05) is 0 Å². The Hall–Kier alpha value is 2.10. The second-order valence-electron chi connectivity index (χ2n) is 0. The smallest absolute Gasteiger partial charge is 0.0776 e. The number of hydrogen-bond acceptors (Lipinski definition) is 0. The second-order valence-corrected chi connectivity index (χ2v) is 0. The van der Waals surface area contributed by atoms with Crippen molar-refractivity contribution in [2.75, 3.05) is 0 Å². The van der Waals surface area contributed by atoms with Crippen molar-refractivity contribution in [2.45, 2.75) is 7.43 Å². The summed E-state index contributed by atoms with van der Waals surface area (Å²) in [5, 5.41) is 0. The van der Waals surface area contributed by atoms with Crippen LogP contribution in [0.4, 0.5) is 0 Å². The van der Waals surface area contributed by atoms with Crippen molar-refractivity contribution in [3.05, 3.63) is 0 Å². The van der Waals surface area contributed by atoms with Crippen molar-refractivity contribution in [1.82, 2.24) is 0 Å². The first-order valence-corrected chi connectivity index (χ1v) is 0. The molecule has 0 atom stereocenters. The topological polar surface area (TPSA) is 0 Å². The Balaban J connectivity index is 0. The third-order valence-corrected chi connectivity index (χ3v) is 0. The van der Waals surface area contributed by atoms with Gasteiger partial charge in [-0.25, -0.2) is 0 Å². The first-order valence-electron chi connectivity index (χ1n) is 0. The van der Waals surface area contributed by atoms with E-state index in [1.165, 1.54) is 0 Å². The molecule has 35 valence electrons. The van der Waals surface area contributed by atoms with E-state index in [0.717, 1.165) is 0 Å². The maximum absolute atomic E-state index is 0. The van der Waals surface area contributed by atoms with Gasteiger partial charge in [-0.15, -0.1) is 0 Å². The molecule has 0 saturated carbocycles. The molecule has 5 heavy (non-hydrogen) atoms. The fourth-order valence-corrected chi connectivity index (χ4v) is 0. The normalized spacial score (nSPS) is 0. The van der Waals surface area contributed by atoms with E-state index in [4.69, 9.17) is 0 Å². The molecule has 0 amide bonds. The number of rotatable bonds is 0. The van der Waals surface area contributed by atoms with Gasteiger partial charge in [-0.3, -0.25) is 0 Å². The van der Waals surface area contributed by atoms with Crippen molar-refractivity contribution in [2.24, 2.45) is 0 Å². The maximum Gasteiger partial charge on any atom is 0.187 e. The molecule has 0 aliphatic rings. The molecule has 0 aromatic carbocycles. The molecule has 0 saturated heterocycles. The molecule has 0 rings (SSSR count). The zero-order valence-electron chi connectivity index (χ0n) is 1.14. The van der Waals surface area contributed by atoms with Crippen molar-refractivity contribution in [3.8, 4) is 0 Å². The van der Waals surface area contributed by atoms with Crippen molar-refractivity contribution in [3.63, 3.8) is 0 Å². The van der Waals surface area contributed by atoms with E-state index in [0.29, 0.717) is 0 Å². The van der Waals surface area contributed by atoms with Crippen LogP contribution in [0.5, 0.6) is 0 Å². The standard InChI is InChI=1S/CH4.Al.Cr.Fe.Mn.3H/h1H4;;;;;;;. The summed E-state index contributed by atoms with van der Waals surface area (Å²) in [6, 6.07) is 0. The van der Waals surface area contributed by atoms with Gasteiger partial charge >= 0.3 is 0 Å². The molecular formula is CH7AlCrFeMn. The van der Waals surface area contributed by atoms with Crippen molar-refractivity contribution in [1.29, 1.82) is 0 Å². The van der Waals surface area contributed by atoms with Crippen LogP contribution >= 0.6 is 0 Å². The summed E-state index contributed by atoms with van der Waals surface area (Å²) in [5.41, 5.74) is 0. The van der Waals surface area contributed by atoms with Gasteiger partial charge < -0.3 is 0 Å². The average Bonchev–Trinajstić information content (AvgIpc) is 0. The molecule has 0 aliphatic carbocycles. The Morgan fingerprint density at radius 1 is 1.00 bits per heavy atom. The van der Waals surface area contributed by atoms with Crippen LogP contribution in [-0.4, -0.2) is 17.4 Å².